The summed E-state index contributed by atoms with van der Waals surface area (Å²) in [4.78, 5) is 23.3. The Bertz CT molecular complexity index is 294. The van der Waals surface area contributed by atoms with Gasteiger partial charge in [0, 0.05) is 18.5 Å². The molecule has 0 spiro atoms. The van der Waals surface area contributed by atoms with E-state index >= 15 is 0 Å². The Morgan fingerprint density at radius 1 is 1.28 bits per heavy atom. The second-order valence-electron chi connectivity index (χ2n) is 5.22. The van der Waals surface area contributed by atoms with Crippen LogP contribution in [0.1, 0.15) is 39.5 Å². The van der Waals surface area contributed by atoms with Crippen molar-refractivity contribution in [3.8, 4) is 0 Å². The molecular weight excluding hydrogens is 230 g/mol. The molecule has 1 aliphatic rings. The molecule has 104 valence electrons. The average Bonchev–Trinajstić information content (AvgIpc) is 2.36. The summed E-state index contributed by atoms with van der Waals surface area (Å²) in [6.45, 7) is 4.81. The fourth-order valence-electron chi connectivity index (χ4n) is 2.30. The summed E-state index contributed by atoms with van der Waals surface area (Å²) in [6, 6.07) is 0.210. The minimum Gasteiger partial charge on any atom is -0.355 e. The summed E-state index contributed by atoms with van der Waals surface area (Å²) in [5, 5.41) is 5.44. The van der Waals surface area contributed by atoms with Crippen molar-refractivity contribution in [3.05, 3.63) is 0 Å². The maximum atomic E-state index is 11.9. The molecule has 0 heterocycles. The van der Waals surface area contributed by atoms with E-state index in [1.54, 1.807) is 0 Å². The van der Waals surface area contributed by atoms with Crippen molar-refractivity contribution in [1.82, 2.24) is 10.6 Å². The summed E-state index contributed by atoms with van der Waals surface area (Å²) >= 11 is 0. The van der Waals surface area contributed by atoms with Crippen LogP contribution in [0.15, 0.2) is 0 Å². The van der Waals surface area contributed by atoms with E-state index in [9.17, 15) is 9.59 Å². The Balaban J connectivity index is 2.26. The number of nitrogens with one attached hydrogen (secondary N) is 2. The molecule has 0 radical (unpaired) electrons. The Morgan fingerprint density at radius 3 is 2.61 bits per heavy atom. The van der Waals surface area contributed by atoms with Crippen molar-refractivity contribution in [2.24, 2.45) is 17.6 Å². The largest absolute Gasteiger partial charge is 0.355 e. The third-order valence-corrected chi connectivity index (χ3v) is 3.60. The molecule has 1 aliphatic carbocycles. The van der Waals surface area contributed by atoms with Crippen LogP contribution in [0.2, 0.25) is 0 Å². The van der Waals surface area contributed by atoms with E-state index in [2.05, 4.69) is 17.6 Å². The van der Waals surface area contributed by atoms with E-state index in [4.69, 9.17) is 5.73 Å². The van der Waals surface area contributed by atoms with Crippen LogP contribution in [0.25, 0.3) is 0 Å². The molecule has 5 nitrogen and oxygen atoms in total. The van der Waals surface area contributed by atoms with Gasteiger partial charge in [-0.2, -0.15) is 0 Å². The lowest BCUT2D eigenvalue weighted by Gasteiger charge is -2.30. The number of hydrogen-bond acceptors (Lipinski definition) is 3. The molecule has 0 saturated heterocycles. The molecule has 1 saturated carbocycles. The van der Waals surface area contributed by atoms with Crippen molar-refractivity contribution in [3.63, 3.8) is 0 Å². The minimum atomic E-state index is -0.120. The molecule has 0 bridgehead atoms. The average molecular weight is 255 g/mol. The van der Waals surface area contributed by atoms with Gasteiger partial charge in [0.05, 0.1) is 6.54 Å². The van der Waals surface area contributed by atoms with Crippen molar-refractivity contribution in [2.75, 3.05) is 13.1 Å². The van der Waals surface area contributed by atoms with Gasteiger partial charge < -0.3 is 16.4 Å². The van der Waals surface area contributed by atoms with Crippen LogP contribution >= 0.6 is 0 Å². The second-order valence-corrected chi connectivity index (χ2v) is 5.22. The van der Waals surface area contributed by atoms with Gasteiger partial charge in [-0.15, -0.1) is 0 Å². The highest BCUT2D eigenvalue weighted by Crippen LogP contribution is 2.27. The monoisotopic (exact) mass is 255 g/mol. The van der Waals surface area contributed by atoms with Crippen LogP contribution in [-0.2, 0) is 9.59 Å². The molecule has 1 rings (SSSR count). The van der Waals surface area contributed by atoms with Crippen LogP contribution in [0, 0.1) is 11.8 Å². The molecular formula is C13H25N3O2. The predicted molar refractivity (Wildman–Crippen MR) is 70.8 cm³/mol. The third-order valence-electron chi connectivity index (χ3n) is 3.60. The first-order valence-electron chi connectivity index (χ1n) is 6.84. The predicted octanol–water partition coefficient (Wildman–Crippen LogP) is 0.392. The standard InChI is InChI=1S/C13H25N3O2/c1-3-6-15-12(17)8-16-13(18)10-4-5-11(14)9(2)7-10/h9-11H,3-8,14H2,1-2H3,(H,15,17)(H,16,18). The van der Waals surface area contributed by atoms with E-state index in [1.165, 1.54) is 0 Å². The van der Waals surface area contributed by atoms with Crippen LogP contribution in [-0.4, -0.2) is 30.9 Å². The van der Waals surface area contributed by atoms with Gasteiger partial charge in [0.25, 0.3) is 0 Å². The molecule has 3 atom stereocenters. The van der Waals surface area contributed by atoms with Crippen molar-refractivity contribution < 1.29 is 9.59 Å². The third kappa shape index (κ3) is 4.64. The SMILES string of the molecule is CCCNC(=O)CNC(=O)C1CCC(N)C(C)C1. The molecule has 2 amide bonds. The summed E-state index contributed by atoms with van der Waals surface area (Å²) in [5.41, 5.74) is 5.92. The van der Waals surface area contributed by atoms with Crippen LogP contribution in [0.4, 0.5) is 0 Å². The zero-order valence-corrected chi connectivity index (χ0v) is 11.4. The van der Waals surface area contributed by atoms with Gasteiger partial charge in [0.1, 0.15) is 0 Å². The van der Waals surface area contributed by atoms with E-state index in [0.29, 0.717) is 12.5 Å². The lowest BCUT2D eigenvalue weighted by atomic mass is 9.79. The summed E-state index contributed by atoms with van der Waals surface area (Å²) in [6.07, 6.45) is 3.44. The van der Waals surface area contributed by atoms with Crippen LogP contribution in [0.3, 0.4) is 0 Å². The van der Waals surface area contributed by atoms with Crippen molar-refractivity contribution in [1.29, 1.82) is 0 Å². The molecule has 1 fully saturated rings. The Morgan fingerprint density at radius 2 is 2.00 bits per heavy atom. The van der Waals surface area contributed by atoms with Crippen molar-refractivity contribution in [2.45, 2.75) is 45.6 Å². The number of nitrogens with two attached hydrogens (primary N) is 1. The molecule has 0 aromatic rings. The van der Waals surface area contributed by atoms with Gasteiger partial charge in [-0.3, -0.25) is 9.59 Å². The van der Waals surface area contributed by atoms with Gasteiger partial charge in [0.15, 0.2) is 0 Å². The van der Waals surface area contributed by atoms with Crippen molar-refractivity contribution >= 4 is 11.8 Å². The van der Waals surface area contributed by atoms with Gasteiger partial charge in [-0.25, -0.2) is 0 Å². The number of amides is 2. The molecule has 3 unspecified atom stereocenters. The zero-order chi connectivity index (χ0) is 13.5. The van der Waals surface area contributed by atoms with Gasteiger partial charge >= 0.3 is 0 Å². The number of hydrogen-bond donors (Lipinski definition) is 3. The lowest BCUT2D eigenvalue weighted by Crippen LogP contribution is -2.43. The molecule has 5 heteroatoms. The topological polar surface area (TPSA) is 84.2 Å². The Kier molecular flexibility index (Phi) is 6.12. The summed E-state index contributed by atoms with van der Waals surface area (Å²) < 4.78 is 0. The Hall–Kier alpha value is -1.10. The molecule has 0 aromatic heterocycles. The normalized spacial score (nSPS) is 27.6. The second kappa shape index (κ2) is 7.36. The van der Waals surface area contributed by atoms with E-state index in [1.807, 2.05) is 6.92 Å². The lowest BCUT2D eigenvalue weighted by molar-refractivity contribution is -0.129. The van der Waals surface area contributed by atoms with Gasteiger partial charge in [-0.1, -0.05) is 13.8 Å². The van der Waals surface area contributed by atoms with Crippen LogP contribution < -0.4 is 16.4 Å². The van der Waals surface area contributed by atoms with Crippen LogP contribution in [0.5, 0.6) is 0 Å². The first-order chi connectivity index (χ1) is 8.54. The fourth-order valence-corrected chi connectivity index (χ4v) is 2.30. The highest BCUT2D eigenvalue weighted by atomic mass is 16.2. The van der Waals surface area contributed by atoms with Gasteiger partial charge in [-0.05, 0) is 31.6 Å². The zero-order valence-electron chi connectivity index (χ0n) is 11.4. The van der Waals surface area contributed by atoms with E-state index < -0.39 is 0 Å². The molecule has 18 heavy (non-hydrogen) atoms. The Labute approximate surface area is 109 Å². The first-order valence-corrected chi connectivity index (χ1v) is 6.84. The van der Waals surface area contributed by atoms with E-state index in [-0.39, 0.29) is 30.3 Å². The summed E-state index contributed by atoms with van der Waals surface area (Å²) in [5.74, 6) is 0.258. The van der Waals surface area contributed by atoms with Gasteiger partial charge in [0.2, 0.25) is 11.8 Å². The maximum Gasteiger partial charge on any atom is 0.239 e. The highest BCUT2D eigenvalue weighted by molar-refractivity contribution is 5.85. The minimum absolute atomic E-state index is 0.0128. The maximum absolute atomic E-state index is 11.9. The smallest absolute Gasteiger partial charge is 0.239 e. The summed E-state index contributed by atoms with van der Waals surface area (Å²) in [7, 11) is 0. The molecule has 4 N–H and O–H groups in total. The fraction of sp³-hybridized carbons (Fsp3) is 0.846. The first kappa shape index (κ1) is 15.0. The van der Waals surface area contributed by atoms with E-state index in [0.717, 1.165) is 25.7 Å². The quantitative estimate of drug-likeness (QED) is 0.664. The number of carbonyl (C=O) groups excluding carboxylic acids is 2. The highest BCUT2D eigenvalue weighted by Gasteiger charge is 2.29. The number of rotatable bonds is 5. The molecule has 0 aliphatic heterocycles. The number of carbonyl (C=O) groups is 2. The molecule has 0 aromatic carbocycles.